The molecule has 0 aliphatic heterocycles. The molecule has 0 aliphatic rings. The number of unbranched alkanes of at least 4 members (excludes halogenated alkanes) is 1. The molecule has 0 amide bonds. The number of aryl methyl sites for hydroxylation is 1. The average Bonchev–Trinajstić information content (AvgIpc) is 1.99. The van der Waals surface area contributed by atoms with Crippen molar-refractivity contribution in [3.8, 4) is 0 Å². The Hall–Kier alpha value is -0.560. The molecule has 0 unspecified atom stereocenters. The molecular weight excluding hydrogens is 175 g/mol. The number of rotatable bonds is 3. The molecule has 0 bridgehead atoms. The summed E-state index contributed by atoms with van der Waals surface area (Å²) in [5, 5.41) is 0.467. The molecule has 1 aromatic rings. The van der Waals surface area contributed by atoms with Crippen molar-refractivity contribution in [2.75, 3.05) is 0 Å². The van der Waals surface area contributed by atoms with Crippen LogP contribution in [0.1, 0.15) is 18.4 Å². The van der Waals surface area contributed by atoms with Crippen LogP contribution in [0.2, 0.25) is 5.02 Å². The average molecular weight is 186 g/mol. The molecule has 0 spiro atoms. The minimum absolute atomic E-state index is 0.262. The fourth-order valence-corrected chi connectivity index (χ4v) is 1.33. The van der Waals surface area contributed by atoms with Crippen molar-refractivity contribution in [1.82, 2.24) is 0 Å². The van der Waals surface area contributed by atoms with Gasteiger partial charge in [0.15, 0.2) is 0 Å². The predicted molar refractivity (Wildman–Crippen MR) is 49.7 cm³/mol. The maximum absolute atomic E-state index is 12.8. The van der Waals surface area contributed by atoms with Gasteiger partial charge in [-0.25, -0.2) is 4.39 Å². The van der Waals surface area contributed by atoms with Crippen LogP contribution in [-0.4, -0.2) is 0 Å². The van der Waals surface area contributed by atoms with Gasteiger partial charge in [0.25, 0.3) is 0 Å². The zero-order chi connectivity index (χ0) is 8.97. The molecule has 0 aliphatic carbocycles. The minimum Gasteiger partial charge on any atom is -0.207 e. The molecule has 0 N–H and O–H groups in total. The van der Waals surface area contributed by atoms with E-state index in [4.69, 9.17) is 11.6 Å². The summed E-state index contributed by atoms with van der Waals surface area (Å²) >= 11 is 5.67. The largest absolute Gasteiger partial charge is 0.207 e. The standard InChI is InChI=1S/C10H11ClF/c1-2-3-4-8-5-9(11)7-10(12)6-8/h5-7H,1-4H2. The van der Waals surface area contributed by atoms with Crippen molar-refractivity contribution in [2.45, 2.75) is 19.3 Å². The summed E-state index contributed by atoms with van der Waals surface area (Å²) in [6, 6.07) is 4.62. The van der Waals surface area contributed by atoms with Crippen molar-refractivity contribution >= 4 is 11.6 Å². The van der Waals surface area contributed by atoms with Gasteiger partial charge in [0.05, 0.1) is 0 Å². The van der Waals surface area contributed by atoms with Gasteiger partial charge in [-0.2, -0.15) is 0 Å². The zero-order valence-corrected chi connectivity index (χ0v) is 7.57. The minimum atomic E-state index is -0.262. The highest BCUT2D eigenvalue weighted by molar-refractivity contribution is 6.30. The maximum atomic E-state index is 12.8. The van der Waals surface area contributed by atoms with E-state index in [-0.39, 0.29) is 5.82 Å². The van der Waals surface area contributed by atoms with Crippen molar-refractivity contribution in [3.05, 3.63) is 41.5 Å². The Balaban J connectivity index is 2.72. The van der Waals surface area contributed by atoms with E-state index in [2.05, 4.69) is 6.92 Å². The molecule has 0 saturated heterocycles. The number of hydrogen-bond acceptors (Lipinski definition) is 0. The summed E-state index contributed by atoms with van der Waals surface area (Å²) in [4.78, 5) is 0. The fraction of sp³-hybridized carbons (Fsp3) is 0.300. The van der Waals surface area contributed by atoms with E-state index in [1.807, 2.05) is 0 Å². The van der Waals surface area contributed by atoms with Gasteiger partial charge in [-0.15, -0.1) is 0 Å². The Bertz CT molecular complexity index is 238. The summed E-state index contributed by atoms with van der Waals surface area (Å²) in [5.74, 6) is -0.262. The molecule has 0 fully saturated rings. The van der Waals surface area contributed by atoms with Gasteiger partial charge in [-0.1, -0.05) is 24.9 Å². The quantitative estimate of drug-likeness (QED) is 0.675. The van der Waals surface area contributed by atoms with Crippen molar-refractivity contribution < 1.29 is 4.39 Å². The number of halogens is 2. The SMILES string of the molecule is [CH2]CCCc1cc(F)cc(Cl)c1. The van der Waals surface area contributed by atoms with E-state index in [1.54, 1.807) is 6.07 Å². The summed E-state index contributed by atoms with van der Waals surface area (Å²) < 4.78 is 12.8. The molecule has 12 heavy (non-hydrogen) atoms. The first kappa shape index (κ1) is 9.53. The van der Waals surface area contributed by atoms with Crippen molar-refractivity contribution in [2.24, 2.45) is 0 Å². The van der Waals surface area contributed by atoms with Gasteiger partial charge in [-0.3, -0.25) is 0 Å². The van der Waals surface area contributed by atoms with E-state index in [1.165, 1.54) is 12.1 Å². The van der Waals surface area contributed by atoms with Crippen LogP contribution in [0.3, 0.4) is 0 Å². The Morgan fingerprint density at radius 2 is 2.08 bits per heavy atom. The lowest BCUT2D eigenvalue weighted by Gasteiger charge is -2.00. The summed E-state index contributed by atoms with van der Waals surface area (Å²) in [7, 11) is 0. The molecule has 0 aromatic heterocycles. The summed E-state index contributed by atoms with van der Waals surface area (Å²) in [6.45, 7) is 3.72. The Kier molecular flexibility index (Phi) is 3.54. The topological polar surface area (TPSA) is 0 Å². The van der Waals surface area contributed by atoms with Crippen LogP contribution in [0.5, 0.6) is 0 Å². The third-order valence-electron chi connectivity index (χ3n) is 1.64. The summed E-state index contributed by atoms with van der Waals surface area (Å²) in [5.41, 5.74) is 0.948. The Morgan fingerprint density at radius 3 is 2.67 bits per heavy atom. The second-order valence-electron chi connectivity index (χ2n) is 2.73. The molecule has 1 aromatic carbocycles. The first-order chi connectivity index (χ1) is 5.72. The predicted octanol–water partition coefficient (Wildman–Crippen LogP) is 3.64. The Labute approximate surface area is 77.4 Å². The second-order valence-corrected chi connectivity index (χ2v) is 3.17. The highest BCUT2D eigenvalue weighted by Crippen LogP contribution is 2.15. The van der Waals surface area contributed by atoms with Crippen LogP contribution in [0, 0.1) is 12.7 Å². The van der Waals surface area contributed by atoms with Crippen LogP contribution in [0.25, 0.3) is 0 Å². The van der Waals surface area contributed by atoms with Crippen LogP contribution in [-0.2, 0) is 6.42 Å². The van der Waals surface area contributed by atoms with Crippen molar-refractivity contribution in [1.29, 1.82) is 0 Å². The fourth-order valence-electron chi connectivity index (χ4n) is 1.08. The van der Waals surface area contributed by atoms with Crippen LogP contribution in [0.4, 0.5) is 4.39 Å². The lowest BCUT2D eigenvalue weighted by atomic mass is 10.1. The summed E-state index contributed by atoms with van der Waals surface area (Å²) in [6.07, 6.45) is 2.69. The van der Waals surface area contributed by atoms with Gasteiger partial charge < -0.3 is 0 Å². The highest BCUT2D eigenvalue weighted by atomic mass is 35.5. The molecule has 1 radical (unpaired) electrons. The molecule has 0 heterocycles. The van der Waals surface area contributed by atoms with Gasteiger partial charge >= 0.3 is 0 Å². The highest BCUT2D eigenvalue weighted by Gasteiger charge is 1.98. The Morgan fingerprint density at radius 1 is 1.33 bits per heavy atom. The molecular formula is C10H11ClF. The third-order valence-corrected chi connectivity index (χ3v) is 1.86. The smallest absolute Gasteiger partial charge is 0.124 e. The second kappa shape index (κ2) is 4.46. The van der Waals surface area contributed by atoms with Crippen LogP contribution in [0.15, 0.2) is 18.2 Å². The van der Waals surface area contributed by atoms with Crippen LogP contribution >= 0.6 is 11.6 Å². The van der Waals surface area contributed by atoms with E-state index in [0.29, 0.717) is 5.02 Å². The van der Waals surface area contributed by atoms with Gasteiger partial charge in [0.2, 0.25) is 0 Å². The molecule has 0 atom stereocenters. The zero-order valence-electron chi connectivity index (χ0n) is 6.82. The first-order valence-electron chi connectivity index (χ1n) is 3.96. The normalized spacial score (nSPS) is 10.2. The molecule has 65 valence electrons. The van der Waals surface area contributed by atoms with E-state index >= 15 is 0 Å². The lowest BCUT2D eigenvalue weighted by Crippen LogP contribution is -1.86. The van der Waals surface area contributed by atoms with E-state index in [0.717, 1.165) is 24.8 Å². The van der Waals surface area contributed by atoms with Gasteiger partial charge in [-0.05, 0) is 36.6 Å². The molecule has 0 nitrogen and oxygen atoms in total. The van der Waals surface area contributed by atoms with Gasteiger partial charge in [0, 0.05) is 5.02 Å². The molecule has 1 rings (SSSR count). The van der Waals surface area contributed by atoms with Crippen LogP contribution < -0.4 is 0 Å². The molecule has 0 saturated carbocycles. The van der Waals surface area contributed by atoms with Crippen molar-refractivity contribution in [3.63, 3.8) is 0 Å². The van der Waals surface area contributed by atoms with E-state index in [9.17, 15) is 4.39 Å². The third kappa shape index (κ3) is 2.82. The first-order valence-corrected chi connectivity index (χ1v) is 4.34. The van der Waals surface area contributed by atoms with E-state index < -0.39 is 0 Å². The number of benzene rings is 1. The number of hydrogen-bond donors (Lipinski definition) is 0. The molecule has 2 heteroatoms. The van der Waals surface area contributed by atoms with Gasteiger partial charge in [0.1, 0.15) is 5.82 Å². The lowest BCUT2D eigenvalue weighted by molar-refractivity contribution is 0.624. The monoisotopic (exact) mass is 185 g/mol. The maximum Gasteiger partial charge on any atom is 0.124 e.